The Morgan fingerprint density at radius 3 is 2.24 bits per heavy atom. The van der Waals surface area contributed by atoms with Crippen molar-refractivity contribution in [2.45, 2.75) is 38.6 Å². The molecule has 0 saturated carbocycles. The van der Waals surface area contributed by atoms with Gasteiger partial charge in [0.1, 0.15) is 0 Å². The van der Waals surface area contributed by atoms with Crippen molar-refractivity contribution in [3.05, 3.63) is 35.4 Å². The highest BCUT2D eigenvalue weighted by atomic mass is 32.2. The zero-order chi connectivity index (χ0) is 14.9. The molecule has 1 aromatic carbocycles. The molecule has 3 rings (SSSR count). The smallest absolute Gasteiger partial charge is 0.0427 e. The van der Waals surface area contributed by atoms with Crippen LogP contribution in [0.2, 0.25) is 0 Å². The molecule has 1 fully saturated rings. The van der Waals surface area contributed by atoms with Gasteiger partial charge in [0.15, 0.2) is 0 Å². The molecule has 0 bridgehead atoms. The SMILES string of the molecule is CC1(C)CSCC(CN)(N2CCc3ccccc3CC2)C1. The van der Waals surface area contributed by atoms with Crippen LogP contribution in [0.3, 0.4) is 0 Å². The molecule has 21 heavy (non-hydrogen) atoms. The van der Waals surface area contributed by atoms with Crippen LogP contribution in [0.1, 0.15) is 31.4 Å². The Morgan fingerprint density at radius 1 is 1.10 bits per heavy atom. The van der Waals surface area contributed by atoms with Crippen LogP contribution in [-0.2, 0) is 12.8 Å². The van der Waals surface area contributed by atoms with E-state index in [1.165, 1.54) is 41.9 Å². The van der Waals surface area contributed by atoms with E-state index in [2.05, 4.69) is 54.8 Å². The second-order valence-electron chi connectivity index (χ2n) is 7.52. The van der Waals surface area contributed by atoms with Crippen molar-refractivity contribution in [1.29, 1.82) is 0 Å². The van der Waals surface area contributed by atoms with Gasteiger partial charge in [-0.15, -0.1) is 0 Å². The summed E-state index contributed by atoms with van der Waals surface area (Å²) in [5.41, 5.74) is 9.97. The lowest BCUT2D eigenvalue weighted by molar-refractivity contribution is 0.0725. The molecule has 1 atom stereocenters. The first kappa shape index (κ1) is 15.4. The van der Waals surface area contributed by atoms with Crippen LogP contribution < -0.4 is 5.73 Å². The average Bonchev–Trinajstić information content (AvgIpc) is 2.69. The first-order valence-electron chi connectivity index (χ1n) is 8.14. The minimum absolute atomic E-state index is 0.203. The van der Waals surface area contributed by atoms with E-state index in [9.17, 15) is 0 Å². The summed E-state index contributed by atoms with van der Waals surface area (Å²) in [6.07, 6.45) is 3.58. The van der Waals surface area contributed by atoms with Crippen molar-refractivity contribution in [2.24, 2.45) is 11.1 Å². The summed E-state index contributed by atoms with van der Waals surface area (Å²) in [5.74, 6) is 2.46. The standard InChI is InChI=1S/C18H28N2S/c1-17(2)11-18(12-19,14-21-13-17)20-9-7-15-5-3-4-6-16(15)8-10-20/h3-6H,7-14,19H2,1-2H3. The van der Waals surface area contributed by atoms with Crippen molar-refractivity contribution < 1.29 is 0 Å². The van der Waals surface area contributed by atoms with Crippen LogP contribution in [0.5, 0.6) is 0 Å². The molecule has 1 saturated heterocycles. The highest BCUT2D eigenvalue weighted by molar-refractivity contribution is 7.99. The number of benzene rings is 1. The van der Waals surface area contributed by atoms with Crippen LogP contribution in [0.15, 0.2) is 24.3 Å². The van der Waals surface area contributed by atoms with Gasteiger partial charge in [0.25, 0.3) is 0 Å². The number of hydrogen-bond donors (Lipinski definition) is 1. The van der Waals surface area contributed by atoms with Gasteiger partial charge in [0.2, 0.25) is 0 Å². The van der Waals surface area contributed by atoms with E-state index in [4.69, 9.17) is 5.73 Å². The lowest BCUT2D eigenvalue weighted by Gasteiger charge is -2.50. The Balaban J connectivity index is 1.80. The maximum atomic E-state index is 6.29. The van der Waals surface area contributed by atoms with E-state index in [0.29, 0.717) is 5.41 Å². The van der Waals surface area contributed by atoms with Gasteiger partial charge < -0.3 is 5.73 Å². The third-order valence-electron chi connectivity index (χ3n) is 5.14. The van der Waals surface area contributed by atoms with E-state index >= 15 is 0 Å². The summed E-state index contributed by atoms with van der Waals surface area (Å²) in [7, 11) is 0. The molecule has 1 aromatic rings. The number of nitrogens with two attached hydrogens (primary N) is 1. The van der Waals surface area contributed by atoms with Gasteiger partial charge >= 0.3 is 0 Å². The van der Waals surface area contributed by atoms with Crippen molar-refractivity contribution in [3.63, 3.8) is 0 Å². The zero-order valence-corrected chi connectivity index (χ0v) is 14.2. The van der Waals surface area contributed by atoms with Gasteiger partial charge in [-0.1, -0.05) is 38.1 Å². The predicted molar refractivity (Wildman–Crippen MR) is 92.9 cm³/mol. The third kappa shape index (κ3) is 3.15. The van der Waals surface area contributed by atoms with E-state index in [0.717, 1.165) is 19.6 Å². The van der Waals surface area contributed by atoms with E-state index in [-0.39, 0.29) is 5.54 Å². The Bertz CT molecular complexity index is 473. The van der Waals surface area contributed by atoms with Crippen LogP contribution in [0, 0.1) is 5.41 Å². The summed E-state index contributed by atoms with van der Waals surface area (Å²) < 4.78 is 0. The van der Waals surface area contributed by atoms with Crippen LogP contribution in [0.4, 0.5) is 0 Å². The summed E-state index contributed by atoms with van der Waals surface area (Å²) in [4.78, 5) is 2.71. The van der Waals surface area contributed by atoms with Gasteiger partial charge in [-0.05, 0) is 41.6 Å². The first-order chi connectivity index (χ1) is 10.0. The lowest BCUT2D eigenvalue weighted by atomic mass is 9.78. The second-order valence-corrected chi connectivity index (χ2v) is 8.50. The molecule has 116 valence electrons. The van der Waals surface area contributed by atoms with Crippen molar-refractivity contribution in [2.75, 3.05) is 31.1 Å². The Morgan fingerprint density at radius 2 is 1.71 bits per heavy atom. The summed E-state index contributed by atoms with van der Waals surface area (Å²) in [6, 6.07) is 8.94. The average molecular weight is 305 g/mol. The molecule has 0 aliphatic carbocycles. The van der Waals surface area contributed by atoms with Gasteiger partial charge in [0.05, 0.1) is 0 Å². The highest BCUT2D eigenvalue weighted by Gasteiger charge is 2.43. The fraction of sp³-hybridized carbons (Fsp3) is 0.667. The molecule has 0 radical (unpaired) electrons. The Labute approximate surface area is 133 Å². The van der Waals surface area contributed by atoms with Crippen LogP contribution in [0.25, 0.3) is 0 Å². The fourth-order valence-electron chi connectivity index (χ4n) is 4.12. The number of thioether (sulfide) groups is 1. The molecule has 0 aromatic heterocycles. The quantitative estimate of drug-likeness (QED) is 0.911. The molecular formula is C18H28N2S. The van der Waals surface area contributed by atoms with Gasteiger partial charge in [0, 0.05) is 30.9 Å². The number of rotatable bonds is 2. The largest absolute Gasteiger partial charge is 0.329 e. The molecule has 2 aliphatic rings. The number of fused-ring (bicyclic) bond motifs is 1. The molecule has 2 aliphatic heterocycles. The van der Waals surface area contributed by atoms with Gasteiger partial charge in [-0.25, -0.2) is 0 Å². The molecule has 2 nitrogen and oxygen atoms in total. The molecule has 1 unspecified atom stereocenters. The normalized spacial score (nSPS) is 29.7. The third-order valence-corrected chi connectivity index (χ3v) is 6.87. The minimum Gasteiger partial charge on any atom is -0.329 e. The fourth-order valence-corrected chi connectivity index (χ4v) is 5.65. The van der Waals surface area contributed by atoms with Crippen molar-refractivity contribution >= 4 is 11.8 Å². The number of hydrogen-bond acceptors (Lipinski definition) is 3. The maximum absolute atomic E-state index is 6.29. The molecule has 3 heteroatoms. The molecule has 2 N–H and O–H groups in total. The van der Waals surface area contributed by atoms with Crippen LogP contribution in [-0.4, -0.2) is 41.6 Å². The van der Waals surface area contributed by atoms with Crippen LogP contribution >= 0.6 is 11.8 Å². The summed E-state index contributed by atoms with van der Waals surface area (Å²) in [6.45, 7) is 7.90. The zero-order valence-electron chi connectivity index (χ0n) is 13.4. The van der Waals surface area contributed by atoms with E-state index in [1.54, 1.807) is 0 Å². The predicted octanol–water partition coefficient (Wildman–Crippen LogP) is 2.95. The van der Waals surface area contributed by atoms with Gasteiger partial charge in [-0.2, -0.15) is 11.8 Å². The molecular weight excluding hydrogens is 276 g/mol. The van der Waals surface area contributed by atoms with Crippen molar-refractivity contribution in [3.8, 4) is 0 Å². The lowest BCUT2D eigenvalue weighted by Crippen LogP contribution is -2.60. The summed E-state index contributed by atoms with van der Waals surface area (Å²) in [5, 5.41) is 0. The monoisotopic (exact) mass is 304 g/mol. The summed E-state index contributed by atoms with van der Waals surface area (Å²) >= 11 is 2.10. The maximum Gasteiger partial charge on any atom is 0.0427 e. The van der Waals surface area contributed by atoms with E-state index in [1.807, 2.05) is 0 Å². The van der Waals surface area contributed by atoms with Gasteiger partial charge in [-0.3, -0.25) is 4.90 Å². The molecule has 0 amide bonds. The molecule has 0 spiro atoms. The Kier molecular flexibility index (Phi) is 4.35. The minimum atomic E-state index is 0.203. The van der Waals surface area contributed by atoms with E-state index < -0.39 is 0 Å². The van der Waals surface area contributed by atoms with Crippen molar-refractivity contribution in [1.82, 2.24) is 4.90 Å². The number of nitrogens with zero attached hydrogens (tertiary/aromatic N) is 1. The second kappa shape index (κ2) is 5.94. The Hall–Kier alpha value is -0.510. The topological polar surface area (TPSA) is 29.3 Å². The molecule has 2 heterocycles. The highest BCUT2D eigenvalue weighted by Crippen LogP contribution is 2.42. The first-order valence-corrected chi connectivity index (χ1v) is 9.30.